The highest BCUT2D eigenvalue weighted by Gasteiger charge is 2.41. The van der Waals surface area contributed by atoms with Crippen molar-refractivity contribution in [3.8, 4) is 44.5 Å². The summed E-state index contributed by atoms with van der Waals surface area (Å²) >= 11 is 0. The van der Waals surface area contributed by atoms with Gasteiger partial charge in [0.1, 0.15) is 0 Å². The van der Waals surface area contributed by atoms with E-state index in [0.717, 1.165) is 18.7 Å². The molecular formula is C52H41BN2. The molecule has 10 rings (SSSR count). The topological polar surface area (TPSA) is 15.3 Å². The van der Waals surface area contributed by atoms with Crippen LogP contribution in [0.5, 0.6) is 0 Å². The summed E-state index contributed by atoms with van der Waals surface area (Å²) in [5, 5.41) is 3.91. The van der Waals surface area contributed by atoms with Gasteiger partial charge >= 0.3 is 0 Å². The number of fused-ring (bicyclic) bond motifs is 4. The molecule has 55 heavy (non-hydrogen) atoms. The monoisotopic (exact) mass is 704 g/mol. The first-order valence-electron chi connectivity index (χ1n) is 19.3. The van der Waals surface area contributed by atoms with Crippen LogP contribution in [-0.4, -0.2) is 7.28 Å². The maximum atomic E-state index is 3.91. The summed E-state index contributed by atoms with van der Waals surface area (Å²) < 4.78 is 0. The number of anilines is 5. The van der Waals surface area contributed by atoms with E-state index in [0.29, 0.717) is 0 Å². The molecule has 0 aromatic heterocycles. The SMILES string of the molecule is Cc1ccccc1-c1cc(-c2ccc(-c3ccccc3)cc2Nc2ccc(-c3ccccc3)cc2)c2c(c1)N1c3ccccc3C(C)(C)c3cccc(c31)B2. The Labute approximate surface area is 325 Å². The molecule has 2 heterocycles. The predicted molar refractivity (Wildman–Crippen MR) is 236 cm³/mol. The lowest BCUT2D eigenvalue weighted by molar-refractivity contribution is 0.632. The molecule has 0 unspecified atom stereocenters. The van der Waals surface area contributed by atoms with E-state index in [1.54, 1.807) is 0 Å². The maximum absolute atomic E-state index is 3.91. The van der Waals surface area contributed by atoms with Crippen LogP contribution in [0.15, 0.2) is 182 Å². The highest BCUT2D eigenvalue weighted by Crippen LogP contribution is 2.53. The minimum Gasteiger partial charge on any atom is -0.355 e. The van der Waals surface area contributed by atoms with Gasteiger partial charge in [0.15, 0.2) is 7.28 Å². The Kier molecular flexibility index (Phi) is 7.85. The van der Waals surface area contributed by atoms with Gasteiger partial charge in [-0.3, -0.25) is 0 Å². The normalized spacial score (nSPS) is 13.3. The van der Waals surface area contributed by atoms with Crippen LogP contribution >= 0.6 is 0 Å². The molecule has 3 heteroatoms. The van der Waals surface area contributed by atoms with Crippen molar-refractivity contribution in [2.24, 2.45) is 0 Å². The quantitative estimate of drug-likeness (QED) is 0.173. The lowest BCUT2D eigenvalue weighted by Crippen LogP contribution is -2.45. The lowest BCUT2D eigenvalue weighted by atomic mass is 9.55. The summed E-state index contributed by atoms with van der Waals surface area (Å²) in [5.74, 6) is 0. The van der Waals surface area contributed by atoms with Gasteiger partial charge in [-0.1, -0.05) is 165 Å². The van der Waals surface area contributed by atoms with Crippen molar-refractivity contribution in [1.29, 1.82) is 0 Å². The third-order valence-corrected chi connectivity index (χ3v) is 11.8. The number of benzene rings is 8. The highest BCUT2D eigenvalue weighted by molar-refractivity contribution is 6.73. The van der Waals surface area contributed by atoms with Crippen LogP contribution in [-0.2, 0) is 5.41 Å². The van der Waals surface area contributed by atoms with E-state index in [4.69, 9.17) is 0 Å². The Bertz CT molecular complexity index is 2730. The van der Waals surface area contributed by atoms with E-state index in [2.05, 4.69) is 213 Å². The average molecular weight is 705 g/mol. The Morgan fingerprint density at radius 2 is 1.11 bits per heavy atom. The molecule has 0 amide bonds. The van der Waals surface area contributed by atoms with Crippen LogP contribution < -0.4 is 21.1 Å². The number of hydrogen-bond donors (Lipinski definition) is 1. The molecule has 0 bridgehead atoms. The number of nitrogens with one attached hydrogen (secondary N) is 1. The Morgan fingerprint density at radius 1 is 0.473 bits per heavy atom. The summed E-state index contributed by atoms with van der Waals surface area (Å²) in [4.78, 5) is 2.57. The number of hydrogen-bond acceptors (Lipinski definition) is 2. The molecule has 0 spiro atoms. The Morgan fingerprint density at radius 3 is 1.87 bits per heavy atom. The van der Waals surface area contributed by atoms with Gasteiger partial charge in [0, 0.05) is 33.7 Å². The zero-order valence-electron chi connectivity index (χ0n) is 31.5. The second kappa shape index (κ2) is 13.1. The number of para-hydroxylation sites is 2. The lowest BCUT2D eigenvalue weighted by Gasteiger charge is -2.46. The summed E-state index contributed by atoms with van der Waals surface area (Å²) in [5.41, 5.74) is 22.3. The molecule has 1 N–H and O–H groups in total. The minimum absolute atomic E-state index is 0.118. The Hall–Kier alpha value is -6.58. The van der Waals surface area contributed by atoms with Crippen molar-refractivity contribution < 1.29 is 0 Å². The summed E-state index contributed by atoms with van der Waals surface area (Å²) in [6.45, 7) is 6.98. The second-order valence-electron chi connectivity index (χ2n) is 15.5. The first-order chi connectivity index (χ1) is 26.9. The fraction of sp³-hybridized carbons (Fsp3) is 0.0769. The van der Waals surface area contributed by atoms with Crippen LogP contribution in [0.25, 0.3) is 44.5 Å². The standard InChI is InChI=1S/C52H41BN2/c1-34-15-10-11-20-41(34)39-31-43(50-49(33-39)55-48-24-13-12-21-44(48)52(2,3)45-22-14-23-46(53-50)51(45)55)42-30-27-38(36-18-8-5-9-19-36)32-47(42)54-40-28-25-37(26-29-40)35-16-6-4-7-17-35/h4-33,53-54H,1-3H3. The van der Waals surface area contributed by atoms with Crippen molar-refractivity contribution >= 4 is 46.6 Å². The maximum Gasteiger partial charge on any atom is 0.198 e. The van der Waals surface area contributed by atoms with Gasteiger partial charge in [-0.25, -0.2) is 0 Å². The molecule has 8 aromatic carbocycles. The van der Waals surface area contributed by atoms with Gasteiger partial charge in [0.05, 0.1) is 5.69 Å². The molecule has 0 saturated carbocycles. The molecule has 2 nitrogen and oxygen atoms in total. The van der Waals surface area contributed by atoms with Crippen molar-refractivity contribution in [2.75, 3.05) is 10.2 Å². The fourth-order valence-electron chi connectivity index (χ4n) is 8.97. The first kappa shape index (κ1) is 33.0. The first-order valence-corrected chi connectivity index (χ1v) is 19.3. The van der Waals surface area contributed by atoms with Crippen molar-refractivity contribution in [3.05, 3.63) is 199 Å². The zero-order valence-corrected chi connectivity index (χ0v) is 31.5. The Balaban J connectivity index is 1.21. The van der Waals surface area contributed by atoms with Gasteiger partial charge in [-0.2, -0.15) is 0 Å². The zero-order chi connectivity index (χ0) is 37.1. The molecule has 0 fully saturated rings. The van der Waals surface area contributed by atoms with Gasteiger partial charge in [-0.05, 0) is 104 Å². The fourth-order valence-corrected chi connectivity index (χ4v) is 8.97. The van der Waals surface area contributed by atoms with Crippen LogP contribution in [0, 0.1) is 6.92 Å². The molecule has 0 atom stereocenters. The number of aryl methyl sites for hydroxylation is 1. The van der Waals surface area contributed by atoms with E-state index < -0.39 is 0 Å². The van der Waals surface area contributed by atoms with Crippen molar-refractivity contribution in [2.45, 2.75) is 26.2 Å². The molecule has 0 aliphatic carbocycles. The van der Waals surface area contributed by atoms with Crippen LogP contribution in [0.3, 0.4) is 0 Å². The minimum atomic E-state index is -0.118. The van der Waals surface area contributed by atoms with Gasteiger partial charge < -0.3 is 10.2 Å². The van der Waals surface area contributed by atoms with Gasteiger partial charge in [-0.15, -0.1) is 0 Å². The third kappa shape index (κ3) is 5.58. The molecular weight excluding hydrogens is 663 g/mol. The van der Waals surface area contributed by atoms with E-state index in [9.17, 15) is 0 Å². The molecule has 0 saturated heterocycles. The van der Waals surface area contributed by atoms with E-state index in [-0.39, 0.29) is 5.41 Å². The van der Waals surface area contributed by atoms with E-state index in [1.807, 2.05) is 0 Å². The van der Waals surface area contributed by atoms with Gasteiger partial charge in [0.25, 0.3) is 0 Å². The molecule has 262 valence electrons. The van der Waals surface area contributed by atoms with Crippen molar-refractivity contribution in [1.82, 2.24) is 0 Å². The smallest absolute Gasteiger partial charge is 0.198 e. The highest BCUT2D eigenvalue weighted by atomic mass is 15.2. The van der Waals surface area contributed by atoms with E-state index in [1.165, 1.54) is 89.2 Å². The summed E-state index contributed by atoms with van der Waals surface area (Å²) in [6.07, 6.45) is 0. The second-order valence-corrected chi connectivity index (χ2v) is 15.5. The number of nitrogens with zero attached hydrogens (tertiary/aromatic N) is 1. The average Bonchev–Trinajstić information content (AvgIpc) is 3.23. The van der Waals surface area contributed by atoms with Crippen molar-refractivity contribution in [3.63, 3.8) is 0 Å². The molecule has 8 aromatic rings. The van der Waals surface area contributed by atoms with Crippen LogP contribution in [0.1, 0.15) is 30.5 Å². The molecule has 2 aliphatic heterocycles. The van der Waals surface area contributed by atoms with Crippen LogP contribution in [0.2, 0.25) is 0 Å². The summed E-state index contributed by atoms with van der Waals surface area (Å²) in [6, 6.07) is 66.7. The number of rotatable bonds is 6. The third-order valence-electron chi connectivity index (χ3n) is 11.8. The predicted octanol–water partition coefficient (Wildman–Crippen LogP) is 12.2. The van der Waals surface area contributed by atoms with E-state index >= 15 is 0 Å². The summed E-state index contributed by atoms with van der Waals surface area (Å²) in [7, 11) is 0.849. The molecule has 0 radical (unpaired) electrons. The molecule has 2 aliphatic rings. The van der Waals surface area contributed by atoms with Crippen LogP contribution in [0.4, 0.5) is 28.4 Å². The van der Waals surface area contributed by atoms with Gasteiger partial charge in [0.2, 0.25) is 0 Å². The largest absolute Gasteiger partial charge is 0.355 e.